The molecular formula is C21H27N3O. The molecule has 0 bridgehead atoms. The maximum absolute atomic E-state index is 11.0. The highest BCUT2D eigenvalue weighted by atomic mass is 16.3. The number of phenolic OH excluding ortho intramolecular Hbond substituents is 1. The van der Waals surface area contributed by atoms with E-state index in [0.29, 0.717) is 11.4 Å². The Hall–Kier alpha value is -2.36. The quantitative estimate of drug-likeness (QED) is 0.676. The van der Waals surface area contributed by atoms with Gasteiger partial charge in [0, 0.05) is 5.56 Å². The molecular weight excluding hydrogens is 310 g/mol. The van der Waals surface area contributed by atoms with Crippen LogP contribution in [-0.4, -0.2) is 20.1 Å². The lowest BCUT2D eigenvalue weighted by Crippen LogP contribution is -2.18. The Morgan fingerprint density at radius 1 is 1.00 bits per heavy atom. The molecule has 1 heterocycles. The number of hydrogen-bond acceptors (Lipinski definition) is 3. The minimum Gasteiger partial charge on any atom is -0.505 e. The predicted octanol–water partition coefficient (Wildman–Crippen LogP) is 5.16. The number of fused-ring (bicyclic) bond motifs is 1. The van der Waals surface area contributed by atoms with Crippen LogP contribution in [-0.2, 0) is 11.8 Å². The van der Waals surface area contributed by atoms with E-state index in [9.17, 15) is 5.11 Å². The molecule has 0 aliphatic rings. The van der Waals surface area contributed by atoms with E-state index in [1.54, 1.807) is 4.80 Å². The van der Waals surface area contributed by atoms with E-state index in [-0.39, 0.29) is 5.41 Å². The molecule has 1 N–H and O–H groups in total. The molecule has 2 aromatic carbocycles. The fourth-order valence-corrected chi connectivity index (χ4v) is 3.51. The van der Waals surface area contributed by atoms with Crippen LogP contribution in [0.2, 0.25) is 0 Å². The van der Waals surface area contributed by atoms with Gasteiger partial charge in [0.2, 0.25) is 0 Å². The molecule has 0 aliphatic carbocycles. The third kappa shape index (κ3) is 3.39. The van der Waals surface area contributed by atoms with Crippen molar-refractivity contribution in [1.82, 2.24) is 15.0 Å². The smallest absolute Gasteiger partial charge is 0.146 e. The van der Waals surface area contributed by atoms with Crippen molar-refractivity contribution < 1.29 is 5.11 Å². The van der Waals surface area contributed by atoms with E-state index >= 15 is 0 Å². The fourth-order valence-electron chi connectivity index (χ4n) is 3.51. The minimum absolute atomic E-state index is 0.0933. The molecule has 0 radical (unpaired) electrons. The molecule has 0 amide bonds. The number of aryl methyl sites for hydroxylation is 1. The van der Waals surface area contributed by atoms with Crippen molar-refractivity contribution in [2.45, 2.75) is 58.8 Å². The molecule has 0 saturated heterocycles. The van der Waals surface area contributed by atoms with Crippen LogP contribution in [0, 0.1) is 0 Å². The minimum atomic E-state index is -0.0933. The van der Waals surface area contributed by atoms with Gasteiger partial charge in [-0.3, -0.25) is 0 Å². The van der Waals surface area contributed by atoms with E-state index in [0.717, 1.165) is 42.3 Å². The van der Waals surface area contributed by atoms with E-state index < -0.39 is 0 Å². The second kappa shape index (κ2) is 6.87. The summed E-state index contributed by atoms with van der Waals surface area (Å²) in [7, 11) is 0. The largest absolute Gasteiger partial charge is 0.505 e. The number of benzene rings is 2. The van der Waals surface area contributed by atoms with Crippen molar-refractivity contribution in [2.75, 3.05) is 0 Å². The molecule has 3 rings (SSSR count). The van der Waals surface area contributed by atoms with Gasteiger partial charge in [0.1, 0.15) is 22.5 Å². The van der Waals surface area contributed by atoms with Gasteiger partial charge in [-0.25, -0.2) is 0 Å². The number of aromatic nitrogens is 3. The first-order valence-corrected chi connectivity index (χ1v) is 9.15. The Bertz CT molecular complexity index is 847. The lowest BCUT2D eigenvalue weighted by molar-refractivity contribution is 0.413. The van der Waals surface area contributed by atoms with Crippen molar-refractivity contribution >= 4 is 11.0 Å². The summed E-state index contributed by atoms with van der Waals surface area (Å²) in [5.41, 5.74) is 4.44. The van der Waals surface area contributed by atoms with Gasteiger partial charge >= 0.3 is 0 Å². The molecule has 0 saturated carbocycles. The van der Waals surface area contributed by atoms with Crippen molar-refractivity contribution in [3.8, 4) is 11.4 Å². The molecule has 4 heteroatoms. The van der Waals surface area contributed by atoms with Gasteiger partial charge < -0.3 is 5.11 Å². The Morgan fingerprint density at radius 3 is 2.20 bits per heavy atom. The Morgan fingerprint density at radius 2 is 1.64 bits per heavy atom. The van der Waals surface area contributed by atoms with Gasteiger partial charge in [-0.1, -0.05) is 58.7 Å². The van der Waals surface area contributed by atoms with Gasteiger partial charge in [-0.05, 0) is 42.0 Å². The lowest BCUT2D eigenvalue weighted by Gasteiger charge is -2.27. The summed E-state index contributed by atoms with van der Waals surface area (Å²) in [4.78, 5) is 1.57. The molecule has 25 heavy (non-hydrogen) atoms. The zero-order chi connectivity index (χ0) is 18.0. The summed E-state index contributed by atoms with van der Waals surface area (Å²) < 4.78 is 0. The average molecular weight is 337 g/mol. The monoisotopic (exact) mass is 337 g/mol. The third-order valence-electron chi connectivity index (χ3n) is 4.79. The first-order chi connectivity index (χ1) is 12.0. The van der Waals surface area contributed by atoms with E-state index in [2.05, 4.69) is 44.0 Å². The van der Waals surface area contributed by atoms with Gasteiger partial charge in [0.15, 0.2) is 0 Å². The van der Waals surface area contributed by atoms with Gasteiger partial charge in [-0.2, -0.15) is 0 Å². The Kier molecular flexibility index (Phi) is 4.80. The first kappa shape index (κ1) is 17.5. The van der Waals surface area contributed by atoms with Crippen LogP contribution in [0.3, 0.4) is 0 Å². The lowest BCUT2D eigenvalue weighted by atomic mass is 9.79. The second-order valence-corrected chi connectivity index (χ2v) is 7.37. The zero-order valence-electron chi connectivity index (χ0n) is 15.6. The third-order valence-corrected chi connectivity index (χ3v) is 4.79. The van der Waals surface area contributed by atoms with Crippen molar-refractivity contribution in [2.24, 2.45) is 0 Å². The van der Waals surface area contributed by atoms with E-state index in [4.69, 9.17) is 0 Å². The standard InChI is InChI=1S/C21H27N3O/c1-5-9-15-13-16(21(3,4)12-6-2)20(25)19(14-15)24-22-17-10-7-8-11-18(17)23-24/h7-8,10-11,13-14,25H,5-6,9,12H2,1-4H3. The van der Waals surface area contributed by atoms with Crippen LogP contribution in [0.15, 0.2) is 36.4 Å². The summed E-state index contributed by atoms with van der Waals surface area (Å²) in [5, 5.41) is 20.1. The van der Waals surface area contributed by atoms with Gasteiger partial charge in [0.05, 0.1) is 0 Å². The van der Waals surface area contributed by atoms with Crippen LogP contribution in [0.5, 0.6) is 5.75 Å². The van der Waals surface area contributed by atoms with Crippen LogP contribution in [0.25, 0.3) is 16.7 Å². The van der Waals surface area contributed by atoms with Crippen molar-refractivity contribution in [3.05, 3.63) is 47.5 Å². The molecule has 0 atom stereocenters. The van der Waals surface area contributed by atoms with Crippen LogP contribution >= 0.6 is 0 Å². The summed E-state index contributed by atoms with van der Waals surface area (Å²) in [6.07, 6.45) is 4.13. The average Bonchev–Trinajstić information content (AvgIpc) is 3.00. The molecule has 132 valence electrons. The topological polar surface area (TPSA) is 50.9 Å². The second-order valence-electron chi connectivity index (χ2n) is 7.37. The van der Waals surface area contributed by atoms with Crippen LogP contribution in [0.1, 0.15) is 58.1 Å². The highest BCUT2D eigenvalue weighted by molar-refractivity contribution is 5.73. The number of hydrogen-bond donors (Lipinski definition) is 1. The van der Waals surface area contributed by atoms with Crippen LogP contribution < -0.4 is 0 Å². The highest BCUT2D eigenvalue weighted by Crippen LogP contribution is 2.39. The number of rotatable bonds is 6. The fraction of sp³-hybridized carbons (Fsp3) is 0.429. The molecule has 0 fully saturated rings. The molecule has 3 aromatic rings. The zero-order valence-corrected chi connectivity index (χ0v) is 15.6. The maximum atomic E-state index is 11.0. The van der Waals surface area contributed by atoms with Crippen molar-refractivity contribution in [3.63, 3.8) is 0 Å². The Balaban J connectivity index is 2.19. The highest BCUT2D eigenvalue weighted by Gasteiger charge is 2.26. The number of phenols is 1. The predicted molar refractivity (Wildman–Crippen MR) is 102 cm³/mol. The van der Waals surface area contributed by atoms with Gasteiger partial charge in [-0.15, -0.1) is 15.0 Å². The summed E-state index contributed by atoms with van der Waals surface area (Å²) in [6, 6.07) is 11.9. The maximum Gasteiger partial charge on any atom is 0.146 e. The normalized spacial score (nSPS) is 12.0. The number of nitrogens with zero attached hydrogens (tertiary/aromatic N) is 3. The summed E-state index contributed by atoms with van der Waals surface area (Å²) in [5.74, 6) is 0.290. The Labute approximate surface area is 149 Å². The molecule has 0 unspecified atom stereocenters. The molecule has 0 spiro atoms. The first-order valence-electron chi connectivity index (χ1n) is 9.15. The molecule has 1 aromatic heterocycles. The van der Waals surface area contributed by atoms with Crippen molar-refractivity contribution in [1.29, 1.82) is 0 Å². The SMILES string of the molecule is CCCc1cc(-n2nc3ccccc3n2)c(O)c(C(C)(C)CCC)c1. The van der Waals surface area contributed by atoms with Crippen LogP contribution in [0.4, 0.5) is 0 Å². The van der Waals surface area contributed by atoms with Gasteiger partial charge in [0.25, 0.3) is 0 Å². The molecule has 0 aliphatic heterocycles. The molecule has 4 nitrogen and oxygen atoms in total. The summed E-state index contributed by atoms with van der Waals surface area (Å²) >= 11 is 0. The van der Waals surface area contributed by atoms with E-state index in [1.807, 2.05) is 30.3 Å². The summed E-state index contributed by atoms with van der Waals surface area (Å²) in [6.45, 7) is 8.73. The van der Waals surface area contributed by atoms with E-state index in [1.165, 1.54) is 5.56 Å². The number of aromatic hydroxyl groups is 1.